The molecule has 0 fully saturated rings. The van der Waals surface area contributed by atoms with E-state index in [0.29, 0.717) is 5.56 Å². The monoisotopic (exact) mass is 629 g/mol. The Morgan fingerprint density at radius 2 is 1.26 bits per heavy atom. The maximum atomic E-state index is 13.0. The summed E-state index contributed by atoms with van der Waals surface area (Å²) in [6.45, 7) is 0. The molecule has 6 aromatic rings. The van der Waals surface area contributed by atoms with E-state index in [0.717, 1.165) is 29.2 Å². The second-order valence-corrected chi connectivity index (χ2v) is 11.5. The number of alkyl halides is 3. The van der Waals surface area contributed by atoms with E-state index in [1.807, 2.05) is 24.3 Å². The van der Waals surface area contributed by atoms with E-state index in [2.05, 4.69) is 97.1 Å². The van der Waals surface area contributed by atoms with Gasteiger partial charge in [-0.15, -0.1) is 39.7 Å². The number of fused-ring (bicyclic) bond motifs is 3. The molecule has 0 aromatic heterocycles. The summed E-state index contributed by atoms with van der Waals surface area (Å²) in [6.07, 6.45) is 0.389. The molecule has 0 nitrogen and oxygen atoms in total. The standard InChI is InChI=1S/C25H16F3.C13H10.Zr/c26-25(27,28)22-6-3-5-16(15-22)17-8-9-18(12-17)19-10-11-24-21(13-19)14-20-4-1-2-7-23(20)24;1-3-7-12(8-4-1)11-13-9-5-2-6-10-13;/h1-8,10-15H,9H2;1-10H;/q-1;;. The van der Waals surface area contributed by atoms with Crippen LogP contribution >= 0.6 is 0 Å². The third-order valence-electron chi connectivity index (χ3n) is 7.50. The van der Waals surface area contributed by atoms with Crippen LogP contribution in [0.2, 0.25) is 0 Å². The Morgan fingerprint density at radius 3 is 1.95 bits per heavy atom. The van der Waals surface area contributed by atoms with Gasteiger partial charge in [0.2, 0.25) is 0 Å². The average molecular weight is 631 g/mol. The molecule has 6 aromatic carbocycles. The number of rotatable bonds is 4. The Kier molecular flexibility index (Phi) is 8.09. The molecule has 0 unspecified atom stereocenters. The molecule has 7 rings (SSSR count). The minimum absolute atomic E-state index is 0.602. The first-order valence-corrected chi connectivity index (χ1v) is 15.0. The fraction of sp³-hybridized carbons (Fsp3) is 0.0526. The second kappa shape index (κ2) is 12.1. The van der Waals surface area contributed by atoms with Crippen molar-refractivity contribution in [3.8, 4) is 0 Å². The van der Waals surface area contributed by atoms with Crippen molar-refractivity contribution in [1.82, 2.24) is 0 Å². The molecule has 0 atom stereocenters. The Bertz CT molecular complexity index is 1900. The first-order valence-electron chi connectivity index (χ1n) is 13.7. The summed E-state index contributed by atoms with van der Waals surface area (Å²) in [5.41, 5.74) is 5.73. The Morgan fingerprint density at radius 1 is 0.619 bits per heavy atom. The number of benzene rings is 5. The molecule has 0 heterocycles. The van der Waals surface area contributed by atoms with Crippen molar-refractivity contribution in [2.45, 2.75) is 12.6 Å². The second-order valence-electron chi connectivity index (χ2n) is 10.3. The van der Waals surface area contributed by atoms with E-state index in [1.54, 1.807) is 6.07 Å². The summed E-state index contributed by atoms with van der Waals surface area (Å²) in [5, 5.41) is 4.88. The van der Waals surface area contributed by atoms with Crippen LogP contribution in [0.5, 0.6) is 0 Å². The van der Waals surface area contributed by atoms with Crippen molar-refractivity contribution in [2.75, 3.05) is 0 Å². The Labute approximate surface area is 258 Å². The molecule has 0 saturated heterocycles. The Balaban J connectivity index is 0.000000189. The van der Waals surface area contributed by atoms with Gasteiger partial charge in [-0.05, 0) is 35.3 Å². The molecule has 0 amide bonds. The first kappa shape index (κ1) is 28.1. The van der Waals surface area contributed by atoms with Gasteiger partial charge in [-0.3, -0.25) is 0 Å². The third kappa shape index (κ3) is 6.10. The van der Waals surface area contributed by atoms with Crippen LogP contribution in [0.1, 0.15) is 34.2 Å². The van der Waals surface area contributed by atoms with E-state index < -0.39 is 11.7 Å². The summed E-state index contributed by atoms with van der Waals surface area (Å²) in [6, 6.07) is 43.5. The SMILES string of the molecule is FC(F)(F)c1cccc(C2=CCC(c3ccc4c(c3)[cH-]c3ccccc34)=C2)c1.[Zr]=[C](c1ccccc1)c1ccccc1. The van der Waals surface area contributed by atoms with Crippen LogP contribution in [-0.4, -0.2) is 3.21 Å². The maximum absolute atomic E-state index is 13.0. The number of hydrogen-bond donors (Lipinski definition) is 0. The first-order chi connectivity index (χ1) is 20.4. The molecule has 1 aliphatic carbocycles. The van der Waals surface area contributed by atoms with Crippen LogP contribution in [0.15, 0.2) is 146 Å². The summed E-state index contributed by atoms with van der Waals surface area (Å²) in [7, 11) is 0. The van der Waals surface area contributed by atoms with E-state index in [9.17, 15) is 13.2 Å². The molecule has 0 radical (unpaired) electrons. The quantitative estimate of drug-likeness (QED) is 0.170. The molecule has 0 spiro atoms. The van der Waals surface area contributed by atoms with Crippen molar-refractivity contribution >= 4 is 35.9 Å². The van der Waals surface area contributed by atoms with Crippen molar-refractivity contribution in [1.29, 1.82) is 0 Å². The zero-order valence-corrected chi connectivity index (χ0v) is 25.2. The minimum atomic E-state index is -4.33. The average Bonchev–Trinajstić information content (AvgIpc) is 3.67. The number of halogens is 3. The van der Waals surface area contributed by atoms with Crippen molar-refractivity contribution in [2.24, 2.45) is 0 Å². The van der Waals surface area contributed by atoms with Gasteiger partial charge in [0.05, 0.1) is 5.56 Å². The molecule has 0 bridgehead atoms. The normalized spacial score (nSPS) is 12.9. The van der Waals surface area contributed by atoms with Crippen LogP contribution in [0.25, 0.3) is 32.7 Å². The molecular formula is C38H26F3Zr-. The van der Waals surface area contributed by atoms with Gasteiger partial charge in [-0.25, -0.2) is 0 Å². The summed E-state index contributed by atoms with van der Waals surface area (Å²) < 4.78 is 40.4. The fourth-order valence-electron chi connectivity index (χ4n) is 5.34. The molecule has 0 N–H and O–H groups in total. The van der Waals surface area contributed by atoms with Crippen LogP contribution in [0.3, 0.4) is 0 Å². The zero-order chi connectivity index (χ0) is 29.1. The van der Waals surface area contributed by atoms with Gasteiger partial charge in [0.1, 0.15) is 0 Å². The van der Waals surface area contributed by atoms with Crippen molar-refractivity contribution in [3.05, 3.63) is 173 Å². The van der Waals surface area contributed by atoms with Gasteiger partial charge >= 0.3 is 105 Å². The van der Waals surface area contributed by atoms with Crippen molar-refractivity contribution < 1.29 is 37.4 Å². The number of allylic oxidation sites excluding steroid dienone is 4. The van der Waals surface area contributed by atoms with E-state index in [1.165, 1.54) is 72.2 Å². The number of hydrogen-bond acceptors (Lipinski definition) is 0. The van der Waals surface area contributed by atoms with Crippen LogP contribution in [0.4, 0.5) is 13.2 Å². The summed E-state index contributed by atoms with van der Waals surface area (Å²) in [4.78, 5) is 0. The van der Waals surface area contributed by atoms with E-state index in [4.69, 9.17) is 0 Å². The van der Waals surface area contributed by atoms with Crippen LogP contribution < -0.4 is 0 Å². The molecule has 204 valence electrons. The van der Waals surface area contributed by atoms with Gasteiger partial charge in [0.25, 0.3) is 0 Å². The van der Waals surface area contributed by atoms with Gasteiger partial charge in [-0.2, -0.15) is 13.2 Å². The van der Waals surface area contributed by atoms with Gasteiger partial charge in [0, 0.05) is 0 Å². The van der Waals surface area contributed by atoms with Crippen molar-refractivity contribution in [3.63, 3.8) is 0 Å². The van der Waals surface area contributed by atoms with Crippen LogP contribution in [0, 0.1) is 0 Å². The Hall–Kier alpha value is -4.01. The van der Waals surface area contributed by atoms with Gasteiger partial charge in [0.15, 0.2) is 0 Å². The molecular weight excluding hydrogens is 605 g/mol. The molecule has 4 heteroatoms. The van der Waals surface area contributed by atoms with E-state index >= 15 is 0 Å². The molecule has 1 aliphatic rings. The molecule has 0 aliphatic heterocycles. The van der Waals surface area contributed by atoms with Gasteiger partial charge in [-0.1, -0.05) is 60.2 Å². The summed E-state index contributed by atoms with van der Waals surface area (Å²) in [5.74, 6) is 0. The van der Waals surface area contributed by atoms with Crippen LogP contribution in [-0.2, 0) is 30.4 Å². The van der Waals surface area contributed by atoms with Gasteiger partial charge < -0.3 is 0 Å². The van der Waals surface area contributed by atoms with E-state index in [-0.39, 0.29) is 0 Å². The fourth-order valence-corrected chi connectivity index (χ4v) is 6.16. The summed E-state index contributed by atoms with van der Waals surface area (Å²) >= 11 is 1.46. The molecule has 42 heavy (non-hydrogen) atoms. The molecule has 0 saturated carbocycles. The predicted octanol–water partition coefficient (Wildman–Crippen LogP) is 10.4. The zero-order valence-electron chi connectivity index (χ0n) is 22.7. The predicted molar refractivity (Wildman–Crippen MR) is 165 cm³/mol. The third-order valence-corrected chi connectivity index (χ3v) is 8.92. The topological polar surface area (TPSA) is 0 Å².